The summed E-state index contributed by atoms with van der Waals surface area (Å²) in [6.45, 7) is 1.93. The van der Waals surface area contributed by atoms with Gasteiger partial charge in [-0.2, -0.15) is 0 Å². The van der Waals surface area contributed by atoms with Crippen molar-refractivity contribution in [2.75, 3.05) is 27.2 Å². The molecule has 0 saturated carbocycles. The van der Waals surface area contributed by atoms with Crippen molar-refractivity contribution >= 4 is 6.09 Å². The second kappa shape index (κ2) is 6.57. The second-order valence-electron chi connectivity index (χ2n) is 5.22. The minimum Gasteiger partial charge on any atom is -0.445 e. The van der Waals surface area contributed by atoms with Crippen molar-refractivity contribution in [2.45, 2.75) is 25.5 Å². The number of carbonyl (C=O) groups is 1. The molecule has 0 aliphatic carbocycles. The first-order chi connectivity index (χ1) is 9.16. The second-order valence-corrected chi connectivity index (χ2v) is 5.22. The van der Waals surface area contributed by atoms with E-state index in [1.165, 1.54) is 0 Å². The van der Waals surface area contributed by atoms with Gasteiger partial charge in [0.05, 0.1) is 0 Å². The summed E-state index contributed by atoms with van der Waals surface area (Å²) in [6.07, 6.45) is 1.85. The average Bonchev–Trinajstić information content (AvgIpc) is 2.46. The van der Waals surface area contributed by atoms with E-state index in [0.29, 0.717) is 12.6 Å². The van der Waals surface area contributed by atoms with Gasteiger partial charge >= 0.3 is 6.09 Å². The van der Waals surface area contributed by atoms with Crippen LogP contribution in [-0.4, -0.2) is 49.1 Å². The Balaban J connectivity index is 1.76. The molecule has 0 bridgehead atoms. The smallest absolute Gasteiger partial charge is 0.410 e. The summed E-state index contributed by atoms with van der Waals surface area (Å²) in [7, 11) is 4.18. The van der Waals surface area contributed by atoms with Crippen molar-refractivity contribution in [2.24, 2.45) is 0 Å². The molecule has 1 amide bonds. The number of hydrogen-bond donors (Lipinski definition) is 0. The van der Waals surface area contributed by atoms with Crippen LogP contribution in [0, 0.1) is 0 Å². The van der Waals surface area contributed by atoms with Crippen molar-refractivity contribution in [3.63, 3.8) is 0 Å². The molecule has 1 heterocycles. The van der Waals surface area contributed by atoms with Crippen molar-refractivity contribution in [1.82, 2.24) is 9.80 Å². The van der Waals surface area contributed by atoms with Crippen LogP contribution >= 0.6 is 0 Å². The fourth-order valence-corrected chi connectivity index (χ4v) is 2.38. The molecular weight excluding hydrogens is 240 g/mol. The standard InChI is InChI=1S/C15H22N2O2/c1-16(2)14-8-10-17(11-9-14)15(18)19-12-13-6-4-3-5-7-13/h3-7,14H,8-12H2,1-2H3. The number of amides is 1. The summed E-state index contributed by atoms with van der Waals surface area (Å²) in [6, 6.07) is 10.4. The molecule has 4 nitrogen and oxygen atoms in total. The quantitative estimate of drug-likeness (QED) is 0.838. The Morgan fingerprint density at radius 3 is 2.47 bits per heavy atom. The predicted molar refractivity (Wildman–Crippen MR) is 74.9 cm³/mol. The Bertz CT molecular complexity index is 398. The van der Waals surface area contributed by atoms with Gasteiger partial charge in [-0.05, 0) is 32.5 Å². The maximum atomic E-state index is 11.9. The number of likely N-dealkylation sites (tertiary alicyclic amines) is 1. The van der Waals surface area contributed by atoms with Crippen LogP contribution in [0.1, 0.15) is 18.4 Å². The number of nitrogens with zero attached hydrogens (tertiary/aromatic N) is 2. The first kappa shape index (κ1) is 13.9. The number of piperidine rings is 1. The fourth-order valence-electron chi connectivity index (χ4n) is 2.38. The lowest BCUT2D eigenvalue weighted by atomic mass is 10.0. The highest BCUT2D eigenvalue weighted by molar-refractivity contribution is 5.67. The molecule has 1 aromatic rings. The molecule has 0 unspecified atom stereocenters. The molecular formula is C15H22N2O2. The van der Waals surface area contributed by atoms with Gasteiger partial charge in [-0.25, -0.2) is 4.79 Å². The molecule has 0 radical (unpaired) electrons. The maximum Gasteiger partial charge on any atom is 0.410 e. The molecule has 1 aromatic carbocycles. The first-order valence-electron chi connectivity index (χ1n) is 6.79. The molecule has 4 heteroatoms. The van der Waals surface area contributed by atoms with E-state index < -0.39 is 0 Å². The summed E-state index contributed by atoms with van der Waals surface area (Å²) in [5.41, 5.74) is 1.03. The van der Waals surface area contributed by atoms with Gasteiger partial charge in [0.2, 0.25) is 0 Å². The molecule has 1 aliphatic heterocycles. The van der Waals surface area contributed by atoms with E-state index in [-0.39, 0.29) is 6.09 Å². The number of rotatable bonds is 3. The van der Waals surface area contributed by atoms with Gasteiger partial charge in [-0.3, -0.25) is 0 Å². The average molecular weight is 262 g/mol. The van der Waals surface area contributed by atoms with E-state index in [1.807, 2.05) is 35.2 Å². The summed E-state index contributed by atoms with van der Waals surface area (Å²) < 4.78 is 5.34. The van der Waals surface area contributed by atoms with Gasteiger partial charge in [0.15, 0.2) is 0 Å². The zero-order chi connectivity index (χ0) is 13.7. The number of hydrogen-bond acceptors (Lipinski definition) is 3. The van der Waals surface area contributed by atoms with E-state index in [0.717, 1.165) is 31.5 Å². The number of benzene rings is 1. The first-order valence-corrected chi connectivity index (χ1v) is 6.79. The van der Waals surface area contributed by atoms with Gasteiger partial charge < -0.3 is 14.5 Å². The molecule has 2 rings (SSSR count). The molecule has 19 heavy (non-hydrogen) atoms. The van der Waals surface area contributed by atoms with Gasteiger partial charge in [0.1, 0.15) is 6.61 Å². The highest BCUT2D eigenvalue weighted by atomic mass is 16.6. The Morgan fingerprint density at radius 2 is 1.89 bits per heavy atom. The Morgan fingerprint density at radius 1 is 1.26 bits per heavy atom. The Kier molecular flexibility index (Phi) is 4.80. The zero-order valence-corrected chi connectivity index (χ0v) is 11.7. The van der Waals surface area contributed by atoms with E-state index in [1.54, 1.807) is 0 Å². The summed E-state index contributed by atoms with van der Waals surface area (Å²) in [4.78, 5) is 16.0. The van der Waals surface area contributed by atoms with Crippen molar-refractivity contribution < 1.29 is 9.53 Å². The van der Waals surface area contributed by atoms with E-state index in [9.17, 15) is 4.79 Å². The van der Waals surface area contributed by atoms with Crippen molar-refractivity contribution in [3.8, 4) is 0 Å². The minimum atomic E-state index is -0.193. The highest BCUT2D eigenvalue weighted by Gasteiger charge is 2.24. The van der Waals surface area contributed by atoms with Gasteiger partial charge in [-0.15, -0.1) is 0 Å². The lowest BCUT2D eigenvalue weighted by molar-refractivity contribution is 0.0765. The van der Waals surface area contributed by atoms with E-state index in [4.69, 9.17) is 4.74 Å². The normalized spacial score (nSPS) is 16.7. The SMILES string of the molecule is CN(C)C1CCN(C(=O)OCc2ccccc2)CC1. The highest BCUT2D eigenvalue weighted by Crippen LogP contribution is 2.15. The van der Waals surface area contributed by atoms with Gasteiger partial charge in [-0.1, -0.05) is 30.3 Å². The molecule has 0 spiro atoms. The third kappa shape index (κ3) is 3.96. The lowest BCUT2D eigenvalue weighted by Crippen LogP contribution is -2.44. The van der Waals surface area contributed by atoms with Crippen LogP contribution in [0.25, 0.3) is 0 Å². The Hall–Kier alpha value is -1.55. The lowest BCUT2D eigenvalue weighted by Gasteiger charge is -2.34. The van der Waals surface area contributed by atoms with Crippen LogP contribution in [0.3, 0.4) is 0 Å². The fraction of sp³-hybridized carbons (Fsp3) is 0.533. The zero-order valence-electron chi connectivity index (χ0n) is 11.7. The maximum absolute atomic E-state index is 11.9. The summed E-state index contributed by atoms with van der Waals surface area (Å²) in [5.74, 6) is 0. The predicted octanol–water partition coefficient (Wildman–Crippen LogP) is 2.35. The van der Waals surface area contributed by atoms with Gasteiger partial charge in [0, 0.05) is 19.1 Å². The molecule has 0 N–H and O–H groups in total. The number of carbonyl (C=O) groups excluding carboxylic acids is 1. The summed E-state index contributed by atoms with van der Waals surface area (Å²) >= 11 is 0. The van der Waals surface area contributed by atoms with Crippen molar-refractivity contribution in [3.05, 3.63) is 35.9 Å². The third-order valence-corrected chi connectivity index (χ3v) is 3.66. The monoisotopic (exact) mass is 262 g/mol. The van der Waals surface area contributed by atoms with E-state index >= 15 is 0 Å². The van der Waals surface area contributed by atoms with E-state index in [2.05, 4.69) is 19.0 Å². The van der Waals surface area contributed by atoms with Gasteiger partial charge in [0.25, 0.3) is 0 Å². The molecule has 0 aromatic heterocycles. The molecule has 1 aliphatic rings. The topological polar surface area (TPSA) is 32.8 Å². The van der Waals surface area contributed by atoms with Crippen LogP contribution in [0.15, 0.2) is 30.3 Å². The molecule has 104 valence electrons. The van der Waals surface area contributed by atoms with Crippen LogP contribution in [0.2, 0.25) is 0 Å². The number of ether oxygens (including phenoxy) is 1. The van der Waals surface area contributed by atoms with Crippen LogP contribution in [0.5, 0.6) is 0 Å². The largest absolute Gasteiger partial charge is 0.445 e. The summed E-state index contributed by atoms with van der Waals surface area (Å²) in [5, 5.41) is 0. The van der Waals surface area contributed by atoms with Crippen LogP contribution in [-0.2, 0) is 11.3 Å². The molecule has 1 fully saturated rings. The molecule has 0 atom stereocenters. The van der Waals surface area contributed by atoms with Crippen LogP contribution < -0.4 is 0 Å². The van der Waals surface area contributed by atoms with Crippen molar-refractivity contribution in [1.29, 1.82) is 0 Å². The third-order valence-electron chi connectivity index (χ3n) is 3.66. The van der Waals surface area contributed by atoms with Crippen LogP contribution in [0.4, 0.5) is 4.79 Å². The Labute approximate surface area is 115 Å². The molecule has 1 saturated heterocycles. The minimum absolute atomic E-state index is 0.193.